The molecule has 0 aliphatic heterocycles. The van der Waals surface area contributed by atoms with E-state index in [2.05, 4.69) is 10.3 Å². The number of aliphatic carboxylic acids is 1. The number of carboxylic acids is 1. The lowest BCUT2D eigenvalue weighted by Crippen LogP contribution is -2.11. The molecule has 2 aromatic rings. The summed E-state index contributed by atoms with van der Waals surface area (Å²) < 4.78 is 0.791. The summed E-state index contributed by atoms with van der Waals surface area (Å²) in [5.41, 5.74) is 0.662. The molecule has 0 spiro atoms. The Morgan fingerprint density at radius 3 is 2.94 bits per heavy atom. The van der Waals surface area contributed by atoms with Crippen molar-refractivity contribution in [1.29, 1.82) is 0 Å². The van der Waals surface area contributed by atoms with E-state index in [1.54, 1.807) is 12.1 Å². The predicted octanol–water partition coefficient (Wildman–Crippen LogP) is 3.10. The van der Waals surface area contributed by atoms with Gasteiger partial charge < -0.3 is 10.4 Å². The second kappa shape index (κ2) is 4.45. The standard InChI is InChI=1S/C9H6Cl2N2O2S/c10-4-1-5(11)8-6(2-4)13-9(16-8)12-3-7(14)15/h1-2H,3H2,(H,12,13)(H,14,15). The fraction of sp³-hybridized carbons (Fsp3) is 0.111. The molecule has 0 bridgehead atoms. The van der Waals surface area contributed by atoms with Crippen LogP contribution in [0.5, 0.6) is 0 Å². The summed E-state index contributed by atoms with van der Waals surface area (Å²) in [6.45, 7) is -0.175. The quantitative estimate of drug-likeness (QED) is 0.904. The topological polar surface area (TPSA) is 62.2 Å². The molecule has 16 heavy (non-hydrogen) atoms. The van der Waals surface area contributed by atoms with Crippen LogP contribution >= 0.6 is 34.5 Å². The largest absolute Gasteiger partial charge is 0.480 e. The van der Waals surface area contributed by atoms with Gasteiger partial charge in [-0.05, 0) is 12.1 Å². The third-order valence-corrected chi connectivity index (χ3v) is 3.49. The lowest BCUT2D eigenvalue weighted by molar-refractivity contribution is -0.134. The van der Waals surface area contributed by atoms with Gasteiger partial charge in [-0.25, -0.2) is 4.98 Å². The Labute approximate surface area is 105 Å². The lowest BCUT2D eigenvalue weighted by Gasteiger charge is -1.94. The molecule has 1 aromatic heterocycles. The molecule has 2 rings (SSSR count). The van der Waals surface area contributed by atoms with Crippen molar-refractivity contribution in [2.45, 2.75) is 0 Å². The van der Waals surface area contributed by atoms with Crippen LogP contribution in [0, 0.1) is 0 Å². The molecular weight excluding hydrogens is 271 g/mol. The van der Waals surface area contributed by atoms with Crippen molar-refractivity contribution in [2.75, 3.05) is 11.9 Å². The Balaban J connectivity index is 2.36. The first-order valence-corrected chi connectivity index (χ1v) is 5.85. The molecule has 0 saturated heterocycles. The van der Waals surface area contributed by atoms with Gasteiger partial charge in [0, 0.05) is 5.02 Å². The average molecular weight is 277 g/mol. The van der Waals surface area contributed by atoms with E-state index in [0.717, 1.165) is 4.70 Å². The average Bonchev–Trinajstić information content (AvgIpc) is 2.57. The van der Waals surface area contributed by atoms with Crippen LogP contribution in [-0.4, -0.2) is 22.6 Å². The third kappa shape index (κ3) is 2.37. The van der Waals surface area contributed by atoms with Crippen LogP contribution in [0.25, 0.3) is 10.2 Å². The van der Waals surface area contributed by atoms with Crippen molar-refractivity contribution in [3.63, 3.8) is 0 Å². The monoisotopic (exact) mass is 276 g/mol. The van der Waals surface area contributed by atoms with Gasteiger partial charge in [-0.1, -0.05) is 34.5 Å². The van der Waals surface area contributed by atoms with Crippen LogP contribution in [0.3, 0.4) is 0 Å². The lowest BCUT2D eigenvalue weighted by atomic mass is 10.3. The summed E-state index contributed by atoms with van der Waals surface area (Å²) in [6, 6.07) is 3.32. The number of aromatic nitrogens is 1. The second-order valence-electron chi connectivity index (χ2n) is 3.00. The minimum Gasteiger partial charge on any atom is -0.480 e. The summed E-state index contributed by atoms with van der Waals surface area (Å²) in [4.78, 5) is 14.6. The summed E-state index contributed by atoms with van der Waals surface area (Å²) in [5.74, 6) is -0.941. The van der Waals surface area contributed by atoms with Crippen LogP contribution < -0.4 is 5.32 Å². The van der Waals surface area contributed by atoms with E-state index in [9.17, 15) is 4.79 Å². The number of thiazole rings is 1. The van der Waals surface area contributed by atoms with Gasteiger partial charge in [-0.15, -0.1) is 0 Å². The first-order chi connectivity index (χ1) is 7.56. The van der Waals surface area contributed by atoms with Gasteiger partial charge in [-0.3, -0.25) is 4.79 Å². The number of fused-ring (bicyclic) bond motifs is 1. The second-order valence-corrected chi connectivity index (χ2v) is 4.84. The van der Waals surface area contributed by atoms with Crippen LogP contribution in [0.15, 0.2) is 12.1 Å². The molecule has 7 heteroatoms. The van der Waals surface area contributed by atoms with Crippen molar-refractivity contribution in [1.82, 2.24) is 4.98 Å². The Morgan fingerprint density at radius 1 is 1.50 bits per heavy atom. The summed E-state index contributed by atoms with van der Waals surface area (Å²) in [6.07, 6.45) is 0. The number of halogens is 2. The molecular formula is C9H6Cl2N2O2S. The smallest absolute Gasteiger partial charge is 0.322 e. The molecule has 4 nitrogen and oxygen atoms in total. The maximum Gasteiger partial charge on any atom is 0.322 e. The number of nitrogens with one attached hydrogen (secondary N) is 1. The molecule has 2 N–H and O–H groups in total. The molecule has 0 saturated carbocycles. The fourth-order valence-electron chi connectivity index (χ4n) is 1.19. The van der Waals surface area contributed by atoms with Gasteiger partial charge in [0.2, 0.25) is 0 Å². The number of carboxylic acid groups (broad SMARTS) is 1. The van der Waals surface area contributed by atoms with Crippen molar-refractivity contribution in [3.8, 4) is 0 Å². The zero-order valence-electron chi connectivity index (χ0n) is 7.83. The SMILES string of the molecule is O=C(O)CNc1nc2cc(Cl)cc(Cl)c2s1. The third-order valence-electron chi connectivity index (χ3n) is 1.80. The maximum atomic E-state index is 10.4. The highest BCUT2D eigenvalue weighted by atomic mass is 35.5. The van der Waals surface area contributed by atoms with Gasteiger partial charge in [0.25, 0.3) is 0 Å². The van der Waals surface area contributed by atoms with Crippen molar-refractivity contribution >= 4 is 55.9 Å². The molecule has 0 radical (unpaired) electrons. The van der Waals surface area contributed by atoms with Gasteiger partial charge in [-0.2, -0.15) is 0 Å². The van der Waals surface area contributed by atoms with Gasteiger partial charge >= 0.3 is 5.97 Å². The minimum absolute atomic E-state index is 0.175. The number of nitrogens with zero attached hydrogens (tertiary/aromatic N) is 1. The van der Waals surface area contributed by atoms with E-state index in [1.807, 2.05) is 0 Å². The molecule has 1 heterocycles. The fourth-order valence-corrected chi connectivity index (χ4v) is 2.63. The van der Waals surface area contributed by atoms with Crippen molar-refractivity contribution in [2.24, 2.45) is 0 Å². The normalized spacial score (nSPS) is 10.6. The first kappa shape index (κ1) is 11.4. The Hall–Kier alpha value is -1.04. The number of anilines is 1. The highest BCUT2D eigenvalue weighted by Gasteiger charge is 2.09. The van der Waals surface area contributed by atoms with E-state index in [4.69, 9.17) is 28.3 Å². The van der Waals surface area contributed by atoms with Crippen LogP contribution in [0.4, 0.5) is 5.13 Å². The van der Waals surface area contributed by atoms with E-state index >= 15 is 0 Å². The zero-order chi connectivity index (χ0) is 11.7. The van der Waals surface area contributed by atoms with E-state index in [0.29, 0.717) is 20.7 Å². The molecule has 0 aliphatic rings. The van der Waals surface area contributed by atoms with Crippen LogP contribution in [0.1, 0.15) is 0 Å². The van der Waals surface area contributed by atoms with E-state index in [-0.39, 0.29) is 6.54 Å². The van der Waals surface area contributed by atoms with Crippen LogP contribution in [-0.2, 0) is 4.79 Å². The summed E-state index contributed by atoms with van der Waals surface area (Å²) in [5, 5.41) is 12.7. The Morgan fingerprint density at radius 2 is 2.25 bits per heavy atom. The molecule has 0 aliphatic carbocycles. The molecule has 0 fully saturated rings. The molecule has 1 aromatic carbocycles. The number of carbonyl (C=O) groups is 1. The number of hydrogen-bond acceptors (Lipinski definition) is 4. The van der Waals surface area contributed by atoms with E-state index in [1.165, 1.54) is 11.3 Å². The highest BCUT2D eigenvalue weighted by molar-refractivity contribution is 7.22. The van der Waals surface area contributed by atoms with Crippen LogP contribution in [0.2, 0.25) is 10.0 Å². The van der Waals surface area contributed by atoms with Gasteiger partial charge in [0.15, 0.2) is 5.13 Å². The number of benzene rings is 1. The maximum absolute atomic E-state index is 10.4. The predicted molar refractivity (Wildman–Crippen MR) is 65.8 cm³/mol. The number of hydrogen-bond donors (Lipinski definition) is 2. The summed E-state index contributed by atoms with van der Waals surface area (Å²) in [7, 11) is 0. The van der Waals surface area contributed by atoms with Crippen molar-refractivity contribution in [3.05, 3.63) is 22.2 Å². The van der Waals surface area contributed by atoms with Gasteiger partial charge in [0.05, 0.1) is 15.2 Å². The van der Waals surface area contributed by atoms with Gasteiger partial charge in [0.1, 0.15) is 6.54 Å². The van der Waals surface area contributed by atoms with Crippen molar-refractivity contribution < 1.29 is 9.90 Å². The molecule has 84 valence electrons. The minimum atomic E-state index is -0.941. The first-order valence-electron chi connectivity index (χ1n) is 4.27. The zero-order valence-corrected chi connectivity index (χ0v) is 10.2. The number of rotatable bonds is 3. The highest BCUT2D eigenvalue weighted by Crippen LogP contribution is 2.34. The Bertz CT molecular complexity index is 556. The van der Waals surface area contributed by atoms with E-state index < -0.39 is 5.97 Å². The Kier molecular flexibility index (Phi) is 3.18. The molecule has 0 unspecified atom stereocenters. The summed E-state index contributed by atoms with van der Waals surface area (Å²) >= 11 is 13.1. The molecule has 0 amide bonds. The molecule has 0 atom stereocenters.